The molecule has 4 aliphatic rings. The van der Waals surface area contributed by atoms with Crippen molar-refractivity contribution in [3.05, 3.63) is 65.0 Å². The van der Waals surface area contributed by atoms with Crippen molar-refractivity contribution in [2.75, 3.05) is 18.9 Å². The monoisotopic (exact) mass is 520 g/mol. The third-order valence-corrected chi connectivity index (χ3v) is 8.53. The van der Waals surface area contributed by atoms with Crippen molar-refractivity contribution in [3.8, 4) is 0 Å². The zero-order valence-corrected chi connectivity index (χ0v) is 21.3. The molecule has 3 fully saturated rings. The second-order valence-corrected chi connectivity index (χ2v) is 10.8. The molecule has 0 unspecified atom stereocenters. The summed E-state index contributed by atoms with van der Waals surface area (Å²) in [5, 5.41) is 5.26. The number of carbonyl (C=O) groups is 4. The van der Waals surface area contributed by atoms with E-state index >= 15 is 0 Å². The fourth-order valence-electron chi connectivity index (χ4n) is 6.47. The van der Waals surface area contributed by atoms with E-state index in [4.69, 9.17) is 4.74 Å². The summed E-state index contributed by atoms with van der Waals surface area (Å²) in [6, 6.07) is 10.6. The van der Waals surface area contributed by atoms with E-state index in [0.29, 0.717) is 24.1 Å². The van der Waals surface area contributed by atoms with Gasteiger partial charge in [-0.15, -0.1) is 0 Å². The summed E-state index contributed by atoms with van der Waals surface area (Å²) in [5.41, 5.74) is 1.15. The van der Waals surface area contributed by atoms with Crippen LogP contribution in [0.1, 0.15) is 61.8 Å². The van der Waals surface area contributed by atoms with E-state index in [1.165, 1.54) is 19.2 Å². The van der Waals surface area contributed by atoms with Gasteiger partial charge in [0, 0.05) is 36.2 Å². The molecule has 2 aliphatic heterocycles. The minimum atomic E-state index is -1.47. The van der Waals surface area contributed by atoms with Gasteiger partial charge in [0.15, 0.2) is 0 Å². The van der Waals surface area contributed by atoms with Gasteiger partial charge in [0.2, 0.25) is 11.5 Å². The van der Waals surface area contributed by atoms with Gasteiger partial charge in [-0.2, -0.15) is 0 Å². The minimum Gasteiger partial charge on any atom is -0.427 e. The summed E-state index contributed by atoms with van der Waals surface area (Å²) in [6.45, 7) is 1.52. The molecule has 2 saturated heterocycles. The smallest absolute Gasteiger partial charge is 0.418 e. The quantitative estimate of drug-likeness (QED) is 0.635. The van der Waals surface area contributed by atoms with Gasteiger partial charge in [-0.1, -0.05) is 18.2 Å². The number of rotatable bonds is 4. The van der Waals surface area contributed by atoms with Gasteiger partial charge in [-0.3, -0.25) is 9.59 Å². The minimum absolute atomic E-state index is 0.0894. The lowest BCUT2D eigenvalue weighted by Gasteiger charge is -2.30. The highest BCUT2D eigenvalue weighted by Crippen LogP contribution is 2.64. The van der Waals surface area contributed by atoms with Gasteiger partial charge in [-0.25, -0.2) is 18.9 Å². The first kappa shape index (κ1) is 24.4. The van der Waals surface area contributed by atoms with Crippen LogP contribution in [-0.2, 0) is 25.3 Å². The predicted molar refractivity (Wildman–Crippen MR) is 135 cm³/mol. The fraction of sp³-hybridized carbons (Fsp3) is 0.429. The number of anilines is 1. The molecule has 0 aromatic heterocycles. The number of urea groups is 1. The third kappa shape index (κ3) is 3.65. The molecule has 2 aliphatic carbocycles. The Morgan fingerprint density at radius 1 is 1.08 bits per heavy atom. The average molecular weight is 521 g/mol. The first-order chi connectivity index (χ1) is 18.2. The van der Waals surface area contributed by atoms with E-state index in [9.17, 15) is 23.6 Å². The van der Waals surface area contributed by atoms with Crippen LogP contribution in [0.25, 0.3) is 0 Å². The van der Waals surface area contributed by atoms with E-state index < -0.39 is 24.1 Å². The second kappa shape index (κ2) is 8.54. The first-order valence-corrected chi connectivity index (χ1v) is 12.9. The van der Waals surface area contributed by atoms with Crippen molar-refractivity contribution in [2.45, 2.75) is 62.1 Å². The molecular weight excluding hydrogens is 491 g/mol. The number of halogens is 1. The number of amides is 5. The maximum atomic E-state index is 13.8. The Balaban J connectivity index is 1.26. The van der Waals surface area contributed by atoms with Crippen molar-refractivity contribution in [2.24, 2.45) is 0 Å². The number of ether oxygens (including phenoxy) is 1. The average Bonchev–Trinajstić information content (AvgIpc) is 3.41. The van der Waals surface area contributed by atoms with Gasteiger partial charge < -0.3 is 20.3 Å². The molecule has 2 spiro atoms. The fourth-order valence-corrected chi connectivity index (χ4v) is 6.47. The molecule has 1 saturated carbocycles. The van der Waals surface area contributed by atoms with Crippen LogP contribution in [0, 0.1) is 5.82 Å². The summed E-state index contributed by atoms with van der Waals surface area (Å²) >= 11 is 0. The molecule has 2 aromatic rings. The highest BCUT2D eigenvalue weighted by atomic mass is 19.1. The Morgan fingerprint density at radius 2 is 1.82 bits per heavy atom. The van der Waals surface area contributed by atoms with Crippen LogP contribution >= 0.6 is 0 Å². The lowest BCUT2D eigenvalue weighted by molar-refractivity contribution is -0.143. The predicted octanol–water partition coefficient (Wildman–Crippen LogP) is 3.94. The van der Waals surface area contributed by atoms with Gasteiger partial charge in [0.05, 0.1) is 6.04 Å². The molecule has 6 rings (SSSR count). The zero-order chi connectivity index (χ0) is 26.8. The van der Waals surface area contributed by atoms with E-state index in [0.717, 1.165) is 35.3 Å². The largest absolute Gasteiger partial charge is 0.427 e. The van der Waals surface area contributed by atoms with Crippen LogP contribution < -0.4 is 10.6 Å². The van der Waals surface area contributed by atoms with Crippen molar-refractivity contribution in [3.63, 3.8) is 0 Å². The summed E-state index contributed by atoms with van der Waals surface area (Å²) in [4.78, 5) is 54.8. The molecule has 38 heavy (non-hydrogen) atoms. The van der Waals surface area contributed by atoms with Gasteiger partial charge in [0.25, 0.3) is 5.91 Å². The van der Waals surface area contributed by atoms with Gasteiger partial charge >= 0.3 is 12.1 Å². The summed E-state index contributed by atoms with van der Waals surface area (Å²) < 4.78 is 19.3. The molecule has 10 heteroatoms. The molecule has 2 N–H and O–H groups in total. The maximum Gasteiger partial charge on any atom is 0.418 e. The van der Waals surface area contributed by atoms with E-state index in [-0.39, 0.29) is 35.3 Å². The van der Waals surface area contributed by atoms with Crippen LogP contribution in [-0.4, -0.2) is 53.4 Å². The topological polar surface area (TPSA) is 108 Å². The van der Waals surface area contributed by atoms with Gasteiger partial charge in [-0.05, 0) is 68.0 Å². The number of nitrogens with zero attached hydrogens (tertiary/aromatic N) is 2. The van der Waals surface area contributed by atoms with Gasteiger partial charge in [0.1, 0.15) is 12.4 Å². The molecular formula is C28H29FN4O5. The number of imide groups is 1. The van der Waals surface area contributed by atoms with E-state index in [1.807, 2.05) is 13.0 Å². The molecule has 9 nitrogen and oxygen atoms in total. The summed E-state index contributed by atoms with van der Waals surface area (Å²) in [5.74, 6) is -1.23. The van der Waals surface area contributed by atoms with Crippen molar-refractivity contribution in [1.29, 1.82) is 0 Å². The van der Waals surface area contributed by atoms with Crippen LogP contribution in [0.2, 0.25) is 0 Å². The zero-order valence-electron chi connectivity index (χ0n) is 21.3. The van der Waals surface area contributed by atoms with Crippen LogP contribution in [0.4, 0.5) is 19.7 Å². The van der Waals surface area contributed by atoms with Crippen LogP contribution in [0.15, 0.2) is 42.5 Å². The summed E-state index contributed by atoms with van der Waals surface area (Å²) in [6.07, 6.45) is 2.66. The highest BCUT2D eigenvalue weighted by Gasteiger charge is 2.68. The summed E-state index contributed by atoms with van der Waals surface area (Å²) in [7, 11) is 1.53. The number of hydrogen-bond donors (Lipinski definition) is 2. The second-order valence-electron chi connectivity index (χ2n) is 10.8. The molecule has 0 bridgehead atoms. The molecule has 2 aromatic carbocycles. The SMILES string of the molecule is CNC(=O)Nc1ccc2c(c1)C1(CC1)C[C@@]21OC(=O)N(CC(=O)N2[C@@H](C)CC[C@H]2c2ccc(F)cc2)C1=O. The molecule has 2 heterocycles. The number of likely N-dealkylation sites (tertiary alicyclic amines) is 1. The molecule has 3 atom stereocenters. The molecule has 198 valence electrons. The number of carbonyl (C=O) groups excluding carboxylic acids is 4. The Labute approximate surface area is 219 Å². The number of benzene rings is 2. The lowest BCUT2D eigenvalue weighted by Crippen LogP contribution is -2.46. The van der Waals surface area contributed by atoms with E-state index in [1.54, 1.807) is 29.2 Å². The number of fused-ring (bicyclic) bond motifs is 3. The van der Waals surface area contributed by atoms with Crippen LogP contribution in [0.5, 0.6) is 0 Å². The Morgan fingerprint density at radius 3 is 2.50 bits per heavy atom. The number of hydrogen-bond acceptors (Lipinski definition) is 5. The number of nitrogens with one attached hydrogen (secondary N) is 2. The van der Waals surface area contributed by atoms with E-state index in [2.05, 4.69) is 10.6 Å². The Bertz CT molecular complexity index is 1360. The van der Waals surface area contributed by atoms with Crippen molar-refractivity contribution >= 4 is 29.6 Å². The van der Waals surface area contributed by atoms with Crippen molar-refractivity contribution < 1.29 is 28.3 Å². The third-order valence-electron chi connectivity index (χ3n) is 8.53. The first-order valence-electron chi connectivity index (χ1n) is 12.9. The maximum absolute atomic E-state index is 13.8. The molecule has 5 amide bonds. The lowest BCUT2D eigenvalue weighted by atomic mass is 9.94. The standard InChI is InChI=1S/C28H29FN4O5/c1-16-3-10-22(17-4-6-18(29)7-5-17)33(16)23(34)14-32-24(35)28(38-26(32)37)15-27(11-12-27)21-13-19(8-9-20(21)28)31-25(36)30-2/h4-9,13,16,22H,3,10-12,14-15H2,1-2H3,(H2,30,31,36)/t16-,22-,28+/m0/s1. The van der Waals surface area contributed by atoms with Crippen molar-refractivity contribution in [1.82, 2.24) is 15.1 Å². The highest BCUT2D eigenvalue weighted by molar-refractivity contribution is 6.07. The Hall–Kier alpha value is -3.95. The Kier molecular flexibility index (Phi) is 5.48. The normalized spacial score (nSPS) is 26.6. The van der Waals surface area contributed by atoms with Crippen LogP contribution in [0.3, 0.4) is 0 Å². The molecule has 0 radical (unpaired) electrons.